The molecule has 1 amide bonds. The molecule has 2 atom stereocenters. The average molecular weight is 457 g/mol. The van der Waals surface area contributed by atoms with E-state index in [1.165, 1.54) is 12.8 Å². The van der Waals surface area contributed by atoms with Crippen molar-refractivity contribution in [1.29, 1.82) is 0 Å². The first-order valence-electron chi connectivity index (χ1n) is 12.7. The fourth-order valence-corrected chi connectivity index (χ4v) is 5.21. The lowest BCUT2D eigenvalue weighted by molar-refractivity contribution is -0.121. The monoisotopic (exact) mass is 456 g/mol. The zero-order chi connectivity index (χ0) is 23.4. The molecule has 0 aromatic carbocycles. The Morgan fingerprint density at radius 1 is 1.03 bits per heavy atom. The highest BCUT2D eigenvalue weighted by atomic mass is 16.1. The molecule has 0 aliphatic heterocycles. The molecule has 9 nitrogen and oxygen atoms in total. The van der Waals surface area contributed by atoms with Crippen LogP contribution in [-0.4, -0.2) is 68.7 Å². The molecule has 2 aliphatic rings. The number of rotatable bonds is 8. The largest absolute Gasteiger partial charge is 0.353 e. The van der Waals surface area contributed by atoms with E-state index in [2.05, 4.69) is 47.0 Å². The van der Waals surface area contributed by atoms with Crippen molar-refractivity contribution in [2.24, 2.45) is 0 Å². The zero-order valence-corrected chi connectivity index (χ0v) is 20.6. The van der Waals surface area contributed by atoms with Crippen LogP contribution in [0.5, 0.6) is 0 Å². The summed E-state index contributed by atoms with van der Waals surface area (Å²) in [5, 5.41) is 15.0. The summed E-state index contributed by atoms with van der Waals surface area (Å²) in [5.74, 6) is 1.54. The highest BCUT2D eigenvalue weighted by Gasteiger charge is 2.26. The number of fused-ring (bicyclic) bond motifs is 1. The van der Waals surface area contributed by atoms with E-state index >= 15 is 0 Å². The zero-order valence-electron chi connectivity index (χ0n) is 20.6. The Balaban J connectivity index is 1.50. The average Bonchev–Trinajstić information content (AvgIpc) is 3.23. The summed E-state index contributed by atoms with van der Waals surface area (Å²) in [7, 11) is 4.34. The number of hydrogen-bond acceptors (Lipinski definition) is 7. The molecule has 182 valence electrons. The van der Waals surface area contributed by atoms with Gasteiger partial charge in [-0.15, -0.1) is 0 Å². The molecule has 2 aliphatic carbocycles. The molecular weight excluding hydrogens is 416 g/mol. The van der Waals surface area contributed by atoms with Crippen LogP contribution in [0.15, 0.2) is 6.20 Å². The Hall–Kier alpha value is -2.42. The normalized spacial score (nSPS) is 25.8. The van der Waals surface area contributed by atoms with Crippen molar-refractivity contribution in [2.75, 3.05) is 24.7 Å². The van der Waals surface area contributed by atoms with Crippen LogP contribution in [0, 0.1) is 0 Å². The number of hydrogen-bond donors (Lipinski definition) is 3. The molecule has 2 heterocycles. The molecule has 2 saturated carbocycles. The van der Waals surface area contributed by atoms with E-state index in [0.717, 1.165) is 62.1 Å². The lowest BCUT2D eigenvalue weighted by Gasteiger charge is -2.33. The van der Waals surface area contributed by atoms with Gasteiger partial charge in [-0.2, -0.15) is 19.6 Å². The maximum absolute atomic E-state index is 11.9. The Kier molecular flexibility index (Phi) is 7.67. The van der Waals surface area contributed by atoms with Gasteiger partial charge in [-0.1, -0.05) is 13.8 Å². The van der Waals surface area contributed by atoms with Gasteiger partial charge in [-0.3, -0.25) is 4.79 Å². The van der Waals surface area contributed by atoms with Gasteiger partial charge >= 0.3 is 0 Å². The fraction of sp³-hybridized carbons (Fsp3) is 0.750. The summed E-state index contributed by atoms with van der Waals surface area (Å²) in [6.45, 7) is 4.03. The molecule has 0 spiro atoms. The van der Waals surface area contributed by atoms with Gasteiger partial charge in [-0.05, 0) is 71.9 Å². The van der Waals surface area contributed by atoms with Crippen molar-refractivity contribution >= 4 is 23.5 Å². The Labute approximate surface area is 197 Å². The molecule has 2 aromatic heterocycles. The van der Waals surface area contributed by atoms with Crippen LogP contribution in [-0.2, 0) is 11.2 Å². The van der Waals surface area contributed by atoms with Crippen molar-refractivity contribution < 1.29 is 4.79 Å². The molecule has 2 fully saturated rings. The maximum Gasteiger partial charge on any atom is 0.229 e. The topological polar surface area (TPSA) is 99.5 Å². The summed E-state index contributed by atoms with van der Waals surface area (Å²) < 4.78 is 1.83. The first-order valence-corrected chi connectivity index (χ1v) is 12.7. The molecule has 33 heavy (non-hydrogen) atoms. The molecule has 9 heteroatoms. The van der Waals surface area contributed by atoms with Crippen molar-refractivity contribution in [1.82, 2.24) is 29.8 Å². The van der Waals surface area contributed by atoms with Gasteiger partial charge in [-0.25, -0.2) is 0 Å². The van der Waals surface area contributed by atoms with Gasteiger partial charge in [0.05, 0.1) is 6.20 Å². The third kappa shape index (κ3) is 5.75. The Morgan fingerprint density at radius 3 is 2.48 bits per heavy atom. The maximum atomic E-state index is 11.9. The smallest absolute Gasteiger partial charge is 0.229 e. The number of anilines is 2. The lowest BCUT2D eigenvalue weighted by atomic mass is 9.90. The third-order valence-corrected chi connectivity index (χ3v) is 7.28. The second-order valence-corrected chi connectivity index (χ2v) is 9.87. The second-order valence-electron chi connectivity index (χ2n) is 9.87. The molecule has 4 rings (SSSR count). The minimum Gasteiger partial charge on any atom is -0.353 e. The van der Waals surface area contributed by atoms with Crippen LogP contribution in [0.25, 0.3) is 5.65 Å². The van der Waals surface area contributed by atoms with E-state index in [4.69, 9.17) is 9.97 Å². The summed E-state index contributed by atoms with van der Waals surface area (Å²) >= 11 is 0. The Bertz CT molecular complexity index is 934. The van der Waals surface area contributed by atoms with Crippen LogP contribution in [0.3, 0.4) is 0 Å². The predicted octanol–water partition coefficient (Wildman–Crippen LogP) is 3.22. The molecule has 2 unspecified atom stereocenters. The number of carbonyl (C=O) groups excluding carboxylic acids is 1. The third-order valence-electron chi connectivity index (χ3n) is 7.28. The van der Waals surface area contributed by atoms with Crippen LogP contribution in [0.2, 0.25) is 0 Å². The number of carbonyl (C=O) groups is 1. The van der Waals surface area contributed by atoms with Crippen molar-refractivity contribution in [3.8, 4) is 0 Å². The van der Waals surface area contributed by atoms with Gasteiger partial charge in [0.15, 0.2) is 5.65 Å². The van der Waals surface area contributed by atoms with Gasteiger partial charge in [0.1, 0.15) is 0 Å². The van der Waals surface area contributed by atoms with Crippen LogP contribution < -0.4 is 16.0 Å². The molecule has 3 N–H and O–H groups in total. The van der Waals surface area contributed by atoms with Crippen LogP contribution in [0.4, 0.5) is 11.9 Å². The van der Waals surface area contributed by atoms with Gasteiger partial charge < -0.3 is 20.9 Å². The minimum atomic E-state index is 0.125. The summed E-state index contributed by atoms with van der Waals surface area (Å²) in [6.07, 6.45) is 12.0. The highest BCUT2D eigenvalue weighted by Crippen LogP contribution is 2.26. The molecule has 0 bridgehead atoms. The summed E-state index contributed by atoms with van der Waals surface area (Å²) in [6, 6.07) is 1.52. The van der Waals surface area contributed by atoms with Crippen molar-refractivity contribution in [2.45, 2.75) is 102 Å². The van der Waals surface area contributed by atoms with Gasteiger partial charge in [0.25, 0.3) is 0 Å². The predicted molar refractivity (Wildman–Crippen MR) is 132 cm³/mol. The lowest BCUT2D eigenvalue weighted by Crippen LogP contribution is -2.42. The quantitative estimate of drug-likeness (QED) is 0.561. The van der Waals surface area contributed by atoms with E-state index in [1.807, 2.05) is 17.6 Å². The van der Waals surface area contributed by atoms with E-state index in [9.17, 15) is 4.79 Å². The standard InChI is InChI=1S/C24H40N8O/c1-5-16-15-25-32-22(16)29-23(27-17-10-12-20(13-11-17)31(3)4)30-24(32)28-19-9-7-8-18(14-19)26-21(33)6-2/h15,17-20H,5-14H2,1-4H3,(H,26,33)(H2,27,28,29,30)/t17-,18?,19?,20-. The fourth-order valence-electron chi connectivity index (χ4n) is 5.21. The van der Waals surface area contributed by atoms with E-state index in [0.29, 0.717) is 24.5 Å². The van der Waals surface area contributed by atoms with Crippen LogP contribution >= 0.6 is 0 Å². The molecule has 0 saturated heterocycles. The number of aromatic nitrogens is 4. The van der Waals surface area contributed by atoms with Crippen molar-refractivity contribution in [3.05, 3.63) is 11.8 Å². The van der Waals surface area contributed by atoms with E-state index in [-0.39, 0.29) is 18.0 Å². The first-order chi connectivity index (χ1) is 16.0. The Morgan fingerprint density at radius 2 is 1.79 bits per heavy atom. The number of amides is 1. The number of nitrogens with zero attached hydrogens (tertiary/aromatic N) is 5. The van der Waals surface area contributed by atoms with E-state index in [1.54, 1.807) is 0 Å². The number of nitrogens with one attached hydrogen (secondary N) is 3. The molecule has 2 aromatic rings. The first kappa shape index (κ1) is 23.7. The number of aryl methyl sites for hydroxylation is 1. The molecular formula is C24H40N8O. The van der Waals surface area contributed by atoms with Gasteiger partial charge in [0, 0.05) is 36.2 Å². The summed E-state index contributed by atoms with van der Waals surface area (Å²) in [5.41, 5.74) is 1.99. The minimum absolute atomic E-state index is 0.125. The van der Waals surface area contributed by atoms with E-state index < -0.39 is 0 Å². The SMILES string of the molecule is CCC(=O)NC1CCCC(Nc2nc(N[C@H]3CC[C@H](N(C)C)CC3)nc3c(CC)cnn23)C1. The molecule has 0 radical (unpaired) electrons. The second kappa shape index (κ2) is 10.7. The van der Waals surface area contributed by atoms with Crippen molar-refractivity contribution in [3.63, 3.8) is 0 Å². The van der Waals surface area contributed by atoms with Crippen LogP contribution in [0.1, 0.15) is 77.2 Å². The van der Waals surface area contributed by atoms with Gasteiger partial charge in [0.2, 0.25) is 17.8 Å². The highest BCUT2D eigenvalue weighted by molar-refractivity contribution is 5.75. The summed E-state index contributed by atoms with van der Waals surface area (Å²) in [4.78, 5) is 23.9.